The van der Waals surface area contributed by atoms with Gasteiger partial charge in [-0.1, -0.05) is 36.4 Å². The third-order valence-electron chi connectivity index (χ3n) is 4.52. The van der Waals surface area contributed by atoms with Crippen LogP contribution in [0.4, 0.5) is 0 Å². The van der Waals surface area contributed by atoms with Crippen molar-refractivity contribution >= 4 is 11.9 Å². The normalized spacial score (nSPS) is 14.6. The molecule has 0 saturated carbocycles. The molecule has 0 amide bonds. The number of aryl methyl sites for hydroxylation is 1. The zero-order chi connectivity index (χ0) is 17.8. The number of ketones is 1. The Kier molecular flexibility index (Phi) is 4.65. The average molecular weight is 344 g/mol. The van der Waals surface area contributed by atoms with Gasteiger partial charge in [-0.15, -0.1) is 0 Å². The summed E-state index contributed by atoms with van der Waals surface area (Å²) in [7, 11) is 0. The number of hydrogen-bond donors (Lipinski definition) is 0. The fourth-order valence-corrected chi connectivity index (χ4v) is 3.22. The van der Waals surface area contributed by atoms with E-state index < -0.39 is 0 Å². The van der Waals surface area contributed by atoms with E-state index in [1.807, 2.05) is 71.7 Å². The first-order valence-corrected chi connectivity index (χ1v) is 8.81. The molecular weight excluding hydrogens is 324 g/mol. The summed E-state index contributed by atoms with van der Waals surface area (Å²) in [6.07, 6.45) is 9.12. The van der Waals surface area contributed by atoms with E-state index in [0.717, 1.165) is 41.0 Å². The molecule has 0 N–H and O–H groups in total. The van der Waals surface area contributed by atoms with E-state index in [4.69, 9.17) is 4.74 Å². The molecule has 0 aliphatic heterocycles. The van der Waals surface area contributed by atoms with Crippen molar-refractivity contribution in [3.8, 4) is 5.75 Å². The lowest BCUT2D eigenvalue weighted by atomic mass is 10.1. The number of benzene rings is 2. The first kappa shape index (κ1) is 16.3. The Hall–Kier alpha value is -3.14. The molecule has 130 valence electrons. The summed E-state index contributed by atoms with van der Waals surface area (Å²) in [5, 5.41) is 0. The van der Waals surface area contributed by atoms with Crippen LogP contribution in [-0.4, -0.2) is 21.9 Å². The maximum absolute atomic E-state index is 12.5. The van der Waals surface area contributed by atoms with Crippen LogP contribution in [0.15, 0.2) is 72.8 Å². The molecule has 4 heteroatoms. The lowest BCUT2D eigenvalue weighted by molar-refractivity contribution is 0.104. The predicted molar refractivity (Wildman–Crippen MR) is 101 cm³/mol. The van der Waals surface area contributed by atoms with Gasteiger partial charge in [0.15, 0.2) is 5.78 Å². The fourth-order valence-electron chi connectivity index (χ4n) is 3.22. The molecule has 0 spiro atoms. The Morgan fingerprint density at radius 3 is 2.92 bits per heavy atom. The van der Waals surface area contributed by atoms with E-state index in [-0.39, 0.29) is 5.78 Å². The van der Waals surface area contributed by atoms with Crippen molar-refractivity contribution in [2.24, 2.45) is 0 Å². The summed E-state index contributed by atoms with van der Waals surface area (Å²) in [5.74, 6) is 0.959. The van der Waals surface area contributed by atoms with Crippen LogP contribution in [0.25, 0.3) is 6.08 Å². The van der Waals surface area contributed by atoms with Crippen LogP contribution in [-0.2, 0) is 13.0 Å². The highest BCUT2D eigenvalue weighted by atomic mass is 16.5. The molecule has 4 rings (SSSR count). The van der Waals surface area contributed by atoms with Gasteiger partial charge in [0.1, 0.15) is 5.75 Å². The van der Waals surface area contributed by atoms with Crippen LogP contribution in [0.5, 0.6) is 5.75 Å². The average Bonchev–Trinajstić information content (AvgIpc) is 3.28. The molecule has 1 aromatic heterocycles. The molecule has 1 heterocycles. The highest BCUT2D eigenvalue weighted by Gasteiger charge is 2.23. The number of Topliss-reactive ketones (excluding diaryl/α,β-unsaturated/α-hetero) is 1. The molecule has 2 aromatic carbocycles. The quantitative estimate of drug-likeness (QED) is 0.498. The Morgan fingerprint density at radius 2 is 2.08 bits per heavy atom. The van der Waals surface area contributed by atoms with Crippen molar-refractivity contribution in [3.63, 3.8) is 0 Å². The summed E-state index contributed by atoms with van der Waals surface area (Å²) in [5.41, 5.74) is 3.76. The van der Waals surface area contributed by atoms with Gasteiger partial charge in [-0.05, 0) is 35.8 Å². The Morgan fingerprint density at radius 1 is 1.15 bits per heavy atom. The lowest BCUT2D eigenvalue weighted by Gasteiger charge is -2.07. The van der Waals surface area contributed by atoms with Gasteiger partial charge >= 0.3 is 0 Å². The lowest BCUT2D eigenvalue weighted by Crippen LogP contribution is -2.03. The van der Waals surface area contributed by atoms with Gasteiger partial charge in [-0.3, -0.25) is 4.79 Å². The highest BCUT2D eigenvalue weighted by Crippen LogP contribution is 2.28. The Balaban J connectivity index is 1.39. The van der Waals surface area contributed by atoms with E-state index in [1.54, 1.807) is 6.20 Å². The molecule has 0 unspecified atom stereocenters. The number of carbonyl (C=O) groups excluding carboxylic acids is 1. The summed E-state index contributed by atoms with van der Waals surface area (Å²) < 4.78 is 7.89. The first-order chi connectivity index (χ1) is 12.8. The van der Waals surface area contributed by atoms with E-state index in [9.17, 15) is 4.79 Å². The molecule has 0 radical (unpaired) electrons. The number of allylic oxidation sites excluding steroid dienone is 1. The molecule has 0 saturated heterocycles. The Labute approximate surface area is 152 Å². The van der Waals surface area contributed by atoms with Crippen LogP contribution < -0.4 is 4.74 Å². The van der Waals surface area contributed by atoms with Crippen LogP contribution in [0.1, 0.15) is 27.9 Å². The highest BCUT2D eigenvalue weighted by molar-refractivity contribution is 6.15. The summed E-state index contributed by atoms with van der Waals surface area (Å²) in [6.45, 7) is 1.53. The summed E-state index contributed by atoms with van der Waals surface area (Å²) >= 11 is 0. The fraction of sp³-hybridized carbons (Fsp3) is 0.182. The molecular formula is C22H20N2O2. The van der Waals surface area contributed by atoms with Gasteiger partial charge < -0.3 is 9.30 Å². The smallest absolute Gasteiger partial charge is 0.189 e. The zero-order valence-corrected chi connectivity index (χ0v) is 14.5. The van der Waals surface area contributed by atoms with E-state index in [0.29, 0.717) is 13.0 Å². The second-order valence-electron chi connectivity index (χ2n) is 6.41. The third-order valence-corrected chi connectivity index (χ3v) is 4.52. The minimum Gasteiger partial charge on any atom is -0.494 e. The van der Waals surface area contributed by atoms with Gasteiger partial charge in [0, 0.05) is 36.5 Å². The molecule has 4 nitrogen and oxygen atoms in total. The number of carbonyl (C=O) groups is 1. The number of imidazole rings is 1. The molecule has 1 aliphatic rings. The second-order valence-corrected chi connectivity index (χ2v) is 6.41. The molecule has 3 aromatic rings. The van der Waals surface area contributed by atoms with Crippen LogP contribution in [0.3, 0.4) is 0 Å². The van der Waals surface area contributed by atoms with Gasteiger partial charge in [0.25, 0.3) is 0 Å². The van der Waals surface area contributed by atoms with Crippen molar-refractivity contribution in [2.45, 2.75) is 19.4 Å². The number of hydrogen-bond acceptors (Lipinski definition) is 3. The van der Waals surface area contributed by atoms with Crippen molar-refractivity contribution in [2.75, 3.05) is 6.61 Å². The zero-order valence-electron chi connectivity index (χ0n) is 14.5. The van der Waals surface area contributed by atoms with Crippen LogP contribution in [0, 0.1) is 0 Å². The Bertz CT molecular complexity index is 942. The minimum absolute atomic E-state index is 0.132. The summed E-state index contributed by atoms with van der Waals surface area (Å²) in [4.78, 5) is 16.5. The molecule has 0 fully saturated rings. The van der Waals surface area contributed by atoms with Crippen LogP contribution in [0.2, 0.25) is 0 Å². The second kappa shape index (κ2) is 7.40. The first-order valence-electron chi connectivity index (χ1n) is 8.81. The maximum Gasteiger partial charge on any atom is 0.189 e. The van der Waals surface area contributed by atoms with E-state index in [2.05, 4.69) is 4.98 Å². The number of ether oxygens (including phenoxy) is 1. The largest absolute Gasteiger partial charge is 0.494 e. The monoisotopic (exact) mass is 344 g/mol. The minimum atomic E-state index is 0.132. The predicted octanol–water partition coefficient (Wildman–Crippen LogP) is 4.17. The maximum atomic E-state index is 12.5. The number of rotatable bonds is 6. The number of aromatic nitrogens is 2. The van der Waals surface area contributed by atoms with Gasteiger partial charge in [0.05, 0.1) is 12.9 Å². The van der Waals surface area contributed by atoms with Crippen LogP contribution >= 0.6 is 0 Å². The van der Waals surface area contributed by atoms with Gasteiger partial charge in [-0.25, -0.2) is 4.98 Å². The number of nitrogens with zero attached hydrogens (tertiary/aromatic N) is 2. The van der Waals surface area contributed by atoms with Crippen molar-refractivity contribution in [3.05, 3.63) is 89.5 Å². The topological polar surface area (TPSA) is 44.1 Å². The van der Waals surface area contributed by atoms with Crippen molar-refractivity contribution in [1.82, 2.24) is 9.55 Å². The van der Waals surface area contributed by atoms with E-state index in [1.165, 1.54) is 0 Å². The van der Waals surface area contributed by atoms with E-state index >= 15 is 0 Å². The van der Waals surface area contributed by atoms with Gasteiger partial charge in [-0.2, -0.15) is 0 Å². The molecule has 26 heavy (non-hydrogen) atoms. The molecule has 0 bridgehead atoms. The SMILES string of the molecule is O=C1/C(=C/c2cccc(OCCCn3ccnc3)c2)Cc2ccccc21. The van der Waals surface area contributed by atoms with Crippen molar-refractivity contribution in [1.29, 1.82) is 0 Å². The van der Waals surface area contributed by atoms with Gasteiger partial charge in [0.2, 0.25) is 0 Å². The number of fused-ring (bicyclic) bond motifs is 1. The molecule has 0 atom stereocenters. The summed E-state index contributed by atoms with van der Waals surface area (Å²) in [6, 6.07) is 15.7. The van der Waals surface area contributed by atoms with Crippen molar-refractivity contribution < 1.29 is 9.53 Å². The molecule has 1 aliphatic carbocycles. The third kappa shape index (κ3) is 3.59. The standard InChI is InChI=1S/C22H20N2O2/c25-22-19(15-18-6-1-2-8-21(18)22)13-17-5-3-7-20(14-17)26-12-4-10-24-11-9-23-16-24/h1-3,5-9,11,13-14,16H,4,10,12,15H2/b19-13+.